The van der Waals surface area contributed by atoms with E-state index in [1.54, 1.807) is 4.90 Å². The van der Waals surface area contributed by atoms with Crippen molar-refractivity contribution in [1.29, 1.82) is 0 Å². The summed E-state index contributed by atoms with van der Waals surface area (Å²) in [5.74, 6) is -3.15. The first kappa shape index (κ1) is 20.6. The van der Waals surface area contributed by atoms with Crippen molar-refractivity contribution < 1.29 is 18.7 Å². The summed E-state index contributed by atoms with van der Waals surface area (Å²) in [6.45, 7) is 4.98. The van der Waals surface area contributed by atoms with Crippen molar-refractivity contribution in [3.8, 4) is 0 Å². The molecular formula is C21H26F2N4O3. The Kier molecular flexibility index (Phi) is 4.76. The average Bonchev–Trinajstić information content (AvgIpc) is 3.42. The van der Waals surface area contributed by atoms with Crippen LogP contribution in [0.15, 0.2) is 11.0 Å². The number of carboxylic acids is 1. The first-order chi connectivity index (χ1) is 14.1. The van der Waals surface area contributed by atoms with Gasteiger partial charge in [-0.25, -0.2) is 13.6 Å². The van der Waals surface area contributed by atoms with Crippen LogP contribution in [0, 0.1) is 17.6 Å². The van der Waals surface area contributed by atoms with Gasteiger partial charge in [0.25, 0.3) is 0 Å². The number of hydrogen-bond donors (Lipinski definition) is 3. The Hall–Kier alpha value is -2.68. The summed E-state index contributed by atoms with van der Waals surface area (Å²) in [6, 6.07) is -0.132. The van der Waals surface area contributed by atoms with Crippen LogP contribution in [0.5, 0.6) is 0 Å². The van der Waals surface area contributed by atoms with Crippen LogP contribution in [0.3, 0.4) is 0 Å². The molecule has 0 amide bonds. The largest absolute Gasteiger partial charge is 0.477 e. The van der Waals surface area contributed by atoms with Gasteiger partial charge >= 0.3 is 5.97 Å². The molecule has 2 aromatic rings. The van der Waals surface area contributed by atoms with E-state index in [0.717, 1.165) is 25.5 Å². The molecule has 0 spiro atoms. The second-order valence-electron chi connectivity index (χ2n) is 8.83. The van der Waals surface area contributed by atoms with E-state index in [1.807, 2.05) is 20.9 Å². The van der Waals surface area contributed by atoms with E-state index >= 15 is 8.78 Å². The van der Waals surface area contributed by atoms with Crippen LogP contribution in [0.1, 0.15) is 49.5 Å². The smallest absolute Gasteiger partial charge is 0.341 e. The zero-order chi connectivity index (χ0) is 22.0. The molecule has 0 unspecified atom stereocenters. The highest BCUT2D eigenvalue weighted by molar-refractivity contribution is 5.99. The number of nitrogen functional groups attached to an aromatic ring is 1. The maximum Gasteiger partial charge on any atom is 0.341 e. The van der Waals surface area contributed by atoms with Gasteiger partial charge < -0.3 is 25.6 Å². The van der Waals surface area contributed by atoms with Gasteiger partial charge in [-0.05, 0) is 46.1 Å². The number of fused-ring (bicyclic) bond motifs is 1. The molecule has 1 atom stereocenters. The SMILES string of the molecule is CNC(C)(C)[C@@H]1CCN(c2c(F)c(N)c3c(=O)c(C(=O)O)cn(C4CC4)c3c2F)C1. The molecule has 162 valence electrons. The van der Waals surface area contributed by atoms with Crippen LogP contribution in [0.2, 0.25) is 0 Å². The number of rotatable bonds is 5. The van der Waals surface area contributed by atoms with Gasteiger partial charge in [-0.2, -0.15) is 0 Å². The molecule has 2 heterocycles. The van der Waals surface area contributed by atoms with Gasteiger partial charge in [0.2, 0.25) is 5.43 Å². The Morgan fingerprint density at radius 3 is 2.50 bits per heavy atom. The van der Waals surface area contributed by atoms with Crippen LogP contribution < -0.4 is 21.4 Å². The maximum absolute atomic E-state index is 15.8. The highest BCUT2D eigenvalue weighted by Gasteiger charge is 2.38. The molecule has 1 aliphatic heterocycles. The van der Waals surface area contributed by atoms with Gasteiger partial charge in [0.15, 0.2) is 11.6 Å². The van der Waals surface area contributed by atoms with Crippen molar-refractivity contribution in [2.45, 2.75) is 44.7 Å². The van der Waals surface area contributed by atoms with Gasteiger partial charge in [-0.1, -0.05) is 0 Å². The molecule has 1 saturated carbocycles. The Balaban J connectivity index is 1.94. The van der Waals surface area contributed by atoms with E-state index in [2.05, 4.69) is 5.32 Å². The number of nitrogens with zero attached hydrogens (tertiary/aromatic N) is 2. The molecule has 2 fully saturated rings. The van der Waals surface area contributed by atoms with Crippen molar-refractivity contribution in [1.82, 2.24) is 9.88 Å². The molecule has 4 N–H and O–H groups in total. The number of aromatic carboxylic acids is 1. The van der Waals surface area contributed by atoms with Crippen molar-refractivity contribution in [2.24, 2.45) is 5.92 Å². The van der Waals surface area contributed by atoms with Crippen LogP contribution in [0.4, 0.5) is 20.2 Å². The highest BCUT2D eigenvalue weighted by atomic mass is 19.1. The Bertz CT molecular complexity index is 1110. The molecule has 7 nitrogen and oxygen atoms in total. The van der Waals surface area contributed by atoms with Crippen molar-refractivity contribution >= 4 is 28.2 Å². The summed E-state index contributed by atoms with van der Waals surface area (Å²) in [6.07, 6.45) is 3.36. The number of carboxylic acid groups (broad SMARTS) is 1. The number of carbonyl (C=O) groups is 1. The van der Waals surface area contributed by atoms with Gasteiger partial charge in [0.05, 0.1) is 16.6 Å². The Morgan fingerprint density at radius 2 is 1.93 bits per heavy atom. The lowest BCUT2D eigenvalue weighted by Crippen LogP contribution is -2.45. The predicted octanol–water partition coefficient (Wildman–Crippen LogP) is 2.72. The summed E-state index contributed by atoms with van der Waals surface area (Å²) < 4.78 is 32.5. The minimum atomic E-state index is -1.45. The minimum absolute atomic E-state index is 0.113. The quantitative estimate of drug-likeness (QED) is 0.643. The first-order valence-electron chi connectivity index (χ1n) is 10.1. The van der Waals surface area contributed by atoms with Crippen molar-refractivity contribution in [3.05, 3.63) is 33.6 Å². The third-order valence-electron chi connectivity index (χ3n) is 6.70. The van der Waals surface area contributed by atoms with Crippen LogP contribution >= 0.6 is 0 Å². The zero-order valence-corrected chi connectivity index (χ0v) is 17.3. The molecule has 30 heavy (non-hydrogen) atoms. The average molecular weight is 420 g/mol. The minimum Gasteiger partial charge on any atom is -0.477 e. The zero-order valence-electron chi connectivity index (χ0n) is 17.3. The van der Waals surface area contributed by atoms with Gasteiger partial charge in [-0.15, -0.1) is 0 Å². The summed E-state index contributed by atoms with van der Waals surface area (Å²) in [4.78, 5) is 25.9. The molecule has 2 aliphatic rings. The van der Waals surface area contributed by atoms with E-state index in [-0.39, 0.29) is 28.7 Å². The van der Waals surface area contributed by atoms with E-state index in [0.29, 0.717) is 13.1 Å². The number of pyridine rings is 1. The second-order valence-corrected chi connectivity index (χ2v) is 8.83. The Morgan fingerprint density at radius 1 is 1.27 bits per heavy atom. The summed E-state index contributed by atoms with van der Waals surface area (Å²) in [7, 11) is 1.85. The first-order valence-corrected chi connectivity index (χ1v) is 10.1. The molecule has 4 rings (SSSR count). The topological polar surface area (TPSA) is 101 Å². The lowest BCUT2D eigenvalue weighted by molar-refractivity contribution is 0.0695. The van der Waals surface area contributed by atoms with Crippen LogP contribution in [-0.4, -0.2) is 41.3 Å². The lowest BCUT2D eigenvalue weighted by atomic mass is 9.87. The third kappa shape index (κ3) is 3.03. The van der Waals surface area contributed by atoms with Gasteiger partial charge in [0.1, 0.15) is 11.3 Å². The number of hydrogen-bond acceptors (Lipinski definition) is 5. The normalized spacial score (nSPS) is 19.6. The number of nitrogens with one attached hydrogen (secondary N) is 1. The fourth-order valence-corrected chi connectivity index (χ4v) is 4.38. The number of halogens is 2. The molecule has 9 heteroatoms. The molecule has 1 saturated heterocycles. The number of benzene rings is 1. The third-order valence-corrected chi connectivity index (χ3v) is 6.70. The molecule has 1 aliphatic carbocycles. The van der Waals surface area contributed by atoms with Crippen LogP contribution in [0.25, 0.3) is 10.9 Å². The Labute approximate surface area is 172 Å². The lowest BCUT2D eigenvalue weighted by Gasteiger charge is -2.32. The van der Waals surface area contributed by atoms with E-state index in [9.17, 15) is 14.7 Å². The van der Waals surface area contributed by atoms with Gasteiger partial charge in [0, 0.05) is 30.9 Å². The molecule has 1 aromatic heterocycles. The van der Waals surface area contributed by atoms with Crippen molar-refractivity contribution in [3.63, 3.8) is 0 Å². The van der Waals surface area contributed by atoms with Gasteiger partial charge in [-0.3, -0.25) is 4.79 Å². The molecular weight excluding hydrogens is 394 g/mol. The fraction of sp³-hybridized carbons (Fsp3) is 0.524. The fourth-order valence-electron chi connectivity index (χ4n) is 4.38. The maximum atomic E-state index is 15.8. The summed E-state index contributed by atoms with van der Waals surface area (Å²) >= 11 is 0. The molecule has 0 bridgehead atoms. The van der Waals surface area contributed by atoms with E-state index in [1.165, 1.54) is 4.57 Å². The van der Waals surface area contributed by atoms with Crippen molar-refractivity contribution in [2.75, 3.05) is 30.8 Å². The number of aromatic nitrogens is 1. The standard InChI is InChI=1S/C21H26F2N4O3/c1-21(2,25-3)10-6-7-26(8-10)18-14(22)16(24)13-17(15(18)23)27(11-4-5-11)9-12(19(13)28)20(29)30/h9-11,25H,4-8,24H2,1-3H3,(H,29,30)/t10-/m1/s1. The van der Waals surface area contributed by atoms with Crippen LogP contribution in [-0.2, 0) is 0 Å². The molecule has 0 radical (unpaired) electrons. The summed E-state index contributed by atoms with van der Waals surface area (Å²) in [5.41, 5.74) is 3.40. The predicted molar refractivity (Wildman–Crippen MR) is 111 cm³/mol. The highest BCUT2D eigenvalue weighted by Crippen LogP contribution is 2.43. The van der Waals surface area contributed by atoms with E-state index < -0.39 is 39.7 Å². The number of nitrogens with two attached hydrogens (primary N) is 1. The second kappa shape index (κ2) is 6.94. The molecule has 1 aromatic carbocycles. The number of anilines is 2. The van der Waals surface area contributed by atoms with E-state index in [4.69, 9.17) is 5.73 Å². The summed E-state index contributed by atoms with van der Waals surface area (Å²) in [5, 5.41) is 12.2. The monoisotopic (exact) mass is 420 g/mol.